The molecule has 24 heavy (non-hydrogen) atoms. The average molecular weight is 330 g/mol. The number of carbonyl (C=O) groups is 1. The van der Waals surface area contributed by atoms with Crippen LogP contribution in [0.25, 0.3) is 5.69 Å². The Morgan fingerprint density at radius 2 is 2.33 bits per heavy atom. The third-order valence-electron chi connectivity index (χ3n) is 4.44. The van der Waals surface area contributed by atoms with Crippen LogP contribution in [0, 0.1) is 0 Å². The van der Waals surface area contributed by atoms with Crippen LogP contribution in [0.5, 0.6) is 5.75 Å². The van der Waals surface area contributed by atoms with Gasteiger partial charge >= 0.3 is 0 Å². The van der Waals surface area contributed by atoms with E-state index in [2.05, 4.69) is 32.7 Å². The van der Waals surface area contributed by atoms with Gasteiger partial charge in [0.15, 0.2) is 0 Å². The van der Waals surface area contributed by atoms with Crippen LogP contribution in [0.2, 0.25) is 0 Å². The zero-order valence-electron chi connectivity index (χ0n) is 14.0. The van der Waals surface area contributed by atoms with E-state index in [-0.39, 0.29) is 5.91 Å². The molecule has 3 rings (SSSR count). The summed E-state index contributed by atoms with van der Waals surface area (Å²) in [5, 5.41) is 14.1. The first-order valence-corrected chi connectivity index (χ1v) is 8.16. The third kappa shape index (κ3) is 3.38. The molecule has 1 aliphatic heterocycles. The second kappa shape index (κ2) is 7.39. The molecule has 128 valence electrons. The first-order valence-electron chi connectivity index (χ1n) is 8.16. The normalized spacial score (nSPS) is 17.8. The summed E-state index contributed by atoms with van der Waals surface area (Å²) in [5.74, 6) is 0.382. The molecule has 1 aromatic heterocycles. The Hall–Kier alpha value is -2.48. The Kier molecular flexibility index (Phi) is 5.05. The molecule has 1 atom stereocenters. The van der Waals surface area contributed by atoms with Gasteiger partial charge in [-0.3, -0.25) is 9.69 Å². The van der Waals surface area contributed by atoms with Crippen molar-refractivity contribution in [3.63, 3.8) is 0 Å². The van der Waals surface area contributed by atoms with E-state index in [1.165, 1.54) is 17.4 Å². The molecule has 1 saturated heterocycles. The van der Waals surface area contributed by atoms with Crippen LogP contribution in [0.4, 0.5) is 0 Å². The van der Waals surface area contributed by atoms with Crippen LogP contribution in [0.3, 0.4) is 0 Å². The fraction of sp³-hybridized carbons (Fsp3) is 0.500. The van der Waals surface area contributed by atoms with Gasteiger partial charge in [0.05, 0.1) is 18.4 Å². The van der Waals surface area contributed by atoms with E-state index in [4.69, 9.17) is 4.74 Å². The van der Waals surface area contributed by atoms with Crippen molar-refractivity contribution in [1.29, 1.82) is 0 Å². The highest BCUT2D eigenvalue weighted by Crippen LogP contribution is 2.22. The van der Waals surface area contributed by atoms with Gasteiger partial charge in [0.1, 0.15) is 12.1 Å². The van der Waals surface area contributed by atoms with Gasteiger partial charge in [-0.2, -0.15) is 0 Å². The van der Waals surface area contributed by atoms with E-state index >= 15 is 0 Å². The molecule has 2 heterocycles. The molecule has 0 radical (unpaired) electrons. The molecule has 0 saturated carbocycles. The van der Waals surface area contributed by atoms with Gasteiger partial charge in [0, 0.05) is 12.6 Å². The number of ether oxygens (including phenoxy) is 1. The lowest BCUT2D eigenvalue weighted by Crippen LogP contribution is -2.40. The summed E-state index contributed by atoms with van der Waals surface area (Å²) in [7, 11) is 1.55. The van der Waals surface area contributed by atoms with E-state index in [9.17, 15) is 4.79 Å². The van der Waals surface area contributed by atoms with Crippen LogP contribution in [0.1, 0.15) is 30.1 Å². The highest BCUT2D eigenvalue weighted by Gasteiger charge is 2.24. The molecule has 8 nitrogen and oxygen atoms in total. The summed E-state index contributed by atoms with van der Waals surface area (Å²) in [6.45, 7) is 4.91. The van der Waals surface area contributed by atoms with Gasteiger partial charge in [-0.25, -0.2) is 4.68 Å². The van der Waals surface area contributed by atoms with Crippen LogP contribution < -0.4 is 10.1 Å². The first kappa shape index (κ1) is 16.4. The minimum Gasteiger partial charge on any atom is -0.496 e. The quantitative estimate of drug-likeness (QED) is 0.846. The molecule has 0 spiro atoms. The molecule has 1 aliphatic rings. The standard InChI is InChI=1S/C16H22N6O2/c1-3-21-8-4-5-13(21)10-17-16(23)14-9-12(6-7-15(14)24-2)22-11-18-19-20-22/h6-7,9,11,13H,3-5,8,10H2,1-2H3,(H,17,23). The highest BCUT2D eigenvalue weighted by atomic mass is 16.5. The predicted molar refractivity (Wildman–Crippen MR) is 88.3 cm³/mol. The fourth-order valence-electron chi connectivity index (χ4n) is 3.14. The summed E-state index contributed by atoms with van der Waals surface area (Å²) in [5.41, 5.74) is 1.19. The highest BCUT2D eigenvalue weighted by molar-refractivity contribution is 5.97. The zero-order chi connectivity index (χ0) is 16.9. The number of hydrogen-bond acceptors (Lipinski definition) is 6. The lowest BCUT2D eigenvalue weighted by molar-refractivity contribution is 0.0938. The maximum atomic E-state index is 12.6. The summed E-state index contributed by atoms with van der Waals surface area (Å²) in [4.78, 5) is 15.0. The second-order valence-corrected chi connectivity index (χ2v) is 5.77. The number of nitrogens with zero attached hydrogens (tertiary/aromatic N) is 5. The largest absolute Gasteiger partial charge is 0.496 e. The van der Waals surface area contributed by atoms with Crippen molar-refractivity contribution in [2.75, 3.05) is 26.7 Å². The van der Waals surface area contributed by atoms with E-state index in [0.29, 0.717) is 29.6 Å². The van der Waals surface area contributed by atoms with Gasteiger partial charge in [0.2, 0.25) is 0 Å². The number of carbonyl (C=O) groups excluding carboxylic acids is 1. The zero-order valence-corrected chi connectivity index (χ0v) is 14.0. The number of nitrogens with one attached hydrogen (secondary N) is 1. The molecule has 1 fully saturated rings. The summed E-state index contributed by atoms with van der Waals surface area (Å²) in [6.07, 6.45) is 3.80. The van der Waals surface area contributed by atoms with Crippen LogP contribution in [-0.4, -0.2) is 63.8 Å². The molecule has 1 aromatic carbocycles. The molecular formula is C16H22N6O2. The number of hydrogen-bond donors (Lipinski definition) is 1. The van der Waals surface area contributed by atoms with Crippen molar-refractivity contribution >= 4 is 5.91 Å². The summed E-state index contributed by atoms with van der Waals surface area (Å²) < 4.78 is 6.83. The van der Waals surface area contributed by atoms with Gasteiger partial charge in [-0.05, 0) is 54.6 Å². The van der Waals surface area contributed by atoms with Crippen molar-refractivity contribution in [3.8, 4) is 11.4 Å². The first-order chi connectivity index (χ1) is 11.7. The Bertz CT molecular complexity index is 688. The Labute approximate surface area is 140 Å². The summed E-state index contributed by atoms with van der Waals surface area (Å²) in [6, 6.07) is 5.70. The second-order valence-electron chi connectivity index (χ2n) is 5.77. The maximum absolute atomic E-state index is 12.6. The molecule has 1 unspecified atom stereocenters. The summed E-state index contributed by atoms with van der Waals surface area (Å²) >= 11 is 0. The van der Waals surface area contributed by atoms with Crippen molar-refractivity contribution in [3.05, 3.63) is 30.1 Å². The fourth-order valence-corrected chi connectivity index (χ4v) is 3.14. The molecule has 1 amide bonds. The monoisotopic (exact) mass is 330 g/mol. The van der Waals surface area contributed by atoms with Crippen LogP contribution in [0.15, 0.2) is 24.5 Å². The predicted octanol–water partition coefficient (Wildman–Crippen LogP) is 0.885. The maximum Gasteiger partial charge on any atom is 0.255 e. The number of methoxy groups -OCH3 is 1. The number of likely N-dealkylation sites (tertiary alicyclic amines) is 1. The van der Waals surface area contributed by atoms with E-state index < -0.39 is 0 Å². The Morgan fingerprint density at radius 1 is 1.46 bits per heavy atom. The van der Waals surface area contributed by atoms with Crippen molar-refractivity contribution in [2.24, 2.45) is 0 Å². The average Bonchev–Trinajstić information content (AvgIpc) is 3.30. The number of amides is 1. The van der Waals surface area contributed by atoms with Crippen LogP contribution in [-0.2, 0) is 0 Å². The molecule has 1 N–H and O–H groups in total. The van der Waals surface area contributed by atoms with Gasteiger partial charge in [0.25, 0.3) is 5.91 Å². The molecule has 2 aromatic rings. The Balaban J connectivity index is 1.74. The molecular weight excluding hydrogens is 308 g/mol. The van der Waals surface area contributed by atoms with E-state index in [1.54, 1.807) is 19.2 Å². The molecule has 8 heteroatoms. The van der Waals surface area contributed by atoms with Crippen molar-refractivity contribution < 1.29 is 9.53 Å². The SMILES string of the molecule is CCN1CCCC1CNC(=O)c1cc(-n2cnnn2)ccc1OC. The van der Waals surface area contributed by atoms with E-state index in [1.807, 2.05) is 6.07 Å². The Morgan fingerprint density at radius 3 is 3.04 bits per heavy atom. The lowest BCUT2D eigenvalue weighted by atomic mass is 10.1. The third-order valence-corrected chi connectivity index (χ3v) is 4.44. The van der Waals surface area contributed by atoms with Gasteiger partial charge < -0.3 is 10.1 Å². The topological polar surface area (TPSA) is 85.2 Å². The van der Waals surface area contributed by atoms with Crippen molar-refractivity contribution in [1.82, 2.24) is 30.4 Å². The number of benzene rings is 1. The smallest absolute Gasteiger partial charge is 0.255 e. The molecule has 0 aliphatic carbocycles. The number of aromatic nitrogens is 4. The molecule has 0 bridgehead atoms. The minimum absolute atomic E-state index is 0.148. The van der Waals surface area contributed by atoms with E-state index in [0.717, 1.165) is 19.5 Å². The minimum atomic E-state index is -0.148. The number of tetrazole rings is 1. The lowest BCUT2D eigenvalue weighted by Gasteiger charge is -2.23. The van der Waals surface area contributed by atoms with Crippen LogP contribution >= 0.6 is 0 Å². The van der Waals surface area contributed by atoms with Gasteiger partial charge in [-0.15, -0.1) is 5.10 Å². The van der Waals surface area contributed by atoms with Crippen molar-refractivity contribution in [2.45, 2.75) is 25.8 Å². The number of rotatable bonds is 6. The van der Waals surface area contributed by atoms with Gasteiger partial charge in [-0.1, -0.05) is 6.92 Å². The number of likely N-dealkylation sites (N-methyl/N-ethyl adjacent to an activating group) is 1.